The number of hydrogen-bond donors (Lipinski definition) is 2. The van der Waals surface area contributed by atoms with Crippen LogP contribution in [0.5, 0.6) is 0 Å². The molecule has 1 saturated heterocycles. The molecule has 1 aliphatic rings. The van der Waals surface area contributed by atoms with Gasteiger partial charge in [-0.1, -0.05) is 0 Å². The molecule has 0 bridgehead atoms. The maximum atomic E-state index is 11.4. The van der Waals surface area contributed by atoms with Gasteiger partial charge in [0.05, 0.1) is 17.8 Å². The van der Waals surface area contributed by atoms with Crippen LogP contribution in [0.1, 0.15) is 12.8 Å². The molecule has 2 N–H and O–H groups in total. The van der Waals surface area contributed by atoms with Gasteiger partial charge in [-0.2, -0.15) is 0 Å². The van der Waals surface area contributed by atoms with Crippen molar-refractivity contribution >= 4 is 15.7 Å². The summed E-state index contributed by atoms with van der Waals surface area (Å²) in [5.74, 6) is 0.793. The van der Waals surface area contributed by atoms with Crippen LogP contribution < -0.4 is 10.9 Å². The summed E-state index contributed by atoms with van der Waals surface area (Å²) in [5.41, 5.74) is -0.254. The Hall–Kier alpha value is -1.37. The summed E-state index contributed by atoms with van der Waals surface area (Å²) in [6.45, 7) is 0. The molecule has 16 heavy (non-hydrogen) atoms. The first kappa shape index (κ1) is 11.1. The van der Waals surface area contributed by atoms with Gasteiger partial charge in [0.1, 0.15) is 5.82 Å². The minimum absolute atomic E-state index is 0.113. The van der Waals surface area contributed by atoms with Gasteiger partial charge in [-0.25, -0.2) is 13.4 Å². The predicted octanol–water partition coefficient (Wildman–Crippen LogP) is -0.241. The van der Waals surface area contributed by atoms with E-state index in [1.54, 1.807) is 0 Å². The third-order valence-corrected chi connectivity index (χ3v) is 4.31. The maximum Gasteiger partial charge on any atom is 0.252 e. The van der Waals surface area contributed by atoms with Gasteiger partial charge in [0, 0.05) is 12.1 Å². The van der Waals surface area contributed by atoms with Gasteiger partial charge in [0.25, 0.3) is 5.56 Å². The highest BCUT2D eigenvalue weighted by molar-refractivity contribution is 7.91. The first-order valence-corrected chi connectivity index (χ1v) is 6.89. The zero-order valence-electron chi connectivity index (χ0n) is 8.64. The van der Waals surface area contributed by atoms with Crippen LogP contribution >= 0.6 is 0 Å². The molecular weight excluding hydrogens is 230 g/mol. The van der Waals surface area contributed by atoms with E-state index in [0.717, 1.165) is 6.42 Å². The number of rotatable bonds is 2. The van der Waals surface area contributed by atoms with Crippen molar-refractivity contribution in [2.24, 2.45) is 0 Å². The van der Waals surface area contributed by atoms with Crippen molar-refractivity contribution in [1.82, 2.24) is 9.97 Å². The van der Waals surface area contributed by atoms with Gasteiger partial charge in [-0.3, -0.25) is 4.79 Å². The molecular formula is C9H13N3O3S. The number of hydrogen-bond acceptors (Lipinski definition) is 5. The third kappa shape index (κ3) is 2.82. The fraction of sp³-hybridized carbons (Fsp3) is 0.556. The van der Waals surface area contributed by atoms with E-state index in [1.807, 2.05) is 0 Å². The first-order chi connectivity index (χ1) is 7.55. The molecule has 7 heteroatoms. The van der Waals surface area contributed by atoms with Crippen molar-refractivity contribution in [1.29, 1.82) is 0 Å². The molecule has 1 aromatic heterocycles. The van der Waals surface area contributed by atoms with Crippen molar-refractivity contribution < 1.29 is 8.42 Å². The Morgan fingerprint density at radius 3 is 3.00 bits per heavy atom. The third-order valence-electron chi connectivity index (χ3n) is 2.49. The van der Waals surface area contributed by atoms with Crippen LogP contribution in [-0.2, 0) is 9.84 Å². The highest BCUT2D eigenvalue weighted by atomic mass is 32.2. The molecule has 0 aromatic carbocycles. The summed E-state index contributed by atoms with van der Waals surface area (Å²) in [7, 11) is -2.94. The molecule has 0 spiro atoms. The number of anilines is 1. The average molecular weight is 243 g/mol. The molecule has 1 aliphatic heterocycles. The molecule has 0 amide bonds. The van der Waals surface area contributed by atoms with Crippen LogP contribution in [0.3, 0.4) is 0 Å². The van der Waals surface area contributed by atoms with E-state index in [9.17, 15) is 13.2 Å². The van der Waals surface area contributed by atoms with Gasteiger partial charge in [-0.05, 0) is 12.8 Å². The molecule has 0 aliphatic carbocycles. The van der Waals surface area contributed by atoms with Crippen LogP contribution in [0, 0.1) is 0 Å². The SMILES string of the molecule is O=c1cc(NC2CCCS(=O)(=O)C2)nc[nH]1. The van der Waals surface area contributed by atoms with Crippen molar-refractivity contribution in [3.63, 3.8) is 0 Å². The molecule has 0 radical (unpaired) electrons. The van der Waals surface area contributed by atoms with Crippen LogP contribution in [-0.4, -0.2) is 35.9 Å². The summed E-state index contributed by atoms with van der Waals surface area (Å²) in [6.07, 6.45) is 2.74. The largest absolute Gasteiger partial charge is 0.366 e. The Morgan fingerprint density at radius 2 is 2.31 bits per heavy atom. The molecule has 1 atom stereocenters. The molecule has 6 nitrogen and oxygen atoms in total. The van der Waals surface area contributed by atoms with Crippen molar-refractivity contribution in [2.75, 3.05) is 16.8 Å². The maximum absolute atomic E-state index is 11.4. The highest BCUT2D eigenvalue weighted by Crippen LogP contribution is 2.15. The lowest BCUT2D eigenvalue weighted by Gasteiger charge is -2.23. The lowest BCUT2D eigenvalue weighted by molar-refractivity contribution is 0.561. The fourth-order valence-electron chi connectivity index (χ4n) is 1.79. The van der Waals surface area contributed by atoms with Gasteiger partial charge in [0.15, 0.2) is 9.84 Å². The van der Waals surface area contributed by atoms with Gasteiger partial charge < -0.3 is 10.3 Å². The molecule has 2 heterocycles. The zero-order chi connectivity index (χ0) is 11.6. The number of H-pyrrole nitrogens is 1. The van der Waals surface area contributed by atoms with Crippen LogP contribution in [0.4, 0.5) is 5.82 Å². The minimum atomic E-state index is -2.94. The molecule has 1 fully saturated rings. The second kappa shape index (κ2) is 4.25. The van der Waals surface area contributed by atoms with Crippen molar-refractivity contribution in [3.05, 3.63) is 22.7 Å². The van der Waals surface area contributed by atoms with E-state index in [-0.39, 0.29) is 23.1 Å². The van der Waals surface area contributed by atoms with Gasteiger partial charge in [0.2, 0.25) is 0 Å². The number of aromatic amines is 1. The summed E-state index contributed by atoms with van der Waals surface area (Å²) in [5, 5.41) is 2.97. The summed E-state index contributed by atoms with van der Waals surface area (Å²) >= 11 is 0. The molecule has 0 saturated carbocycles. The Balaban J connectivity index is 2.08. The van der Waals surface area contributed by atoms with E-state index in [2.05, 4.69) is 15.3 Å². The van der Waals surface area contributed by atoms with E-state index < -0.39 is 9.84 Å². The monoisotopic (exact) mass is 243 g/mol. The van der Waals surface area contributed by atoms with Crippen LogP contribution in [0.25, 0.3) is 0 Å². The molecule has 88 valence electrons. The number of nitrogens with zero attached hydrogens (tertiary/aromatic N) is 1. The quantitative estimate of drug-likeness (QED) is 0.748. The first-order valence-electron chi connectivity index (χ1n) is 5.07. The van der Waals surface area contributed by atoms with Gasteiger partial charge >= 0.3 is 0 Å². The molecule has 2 rings (SSSR count). The Bertz CT molecular complexity index is 523. The molecule has 1 unspecified atom stereocenters. The fourth-order valence-corrected chi connectivity index (χ4v) is 3.43. The molecule has 1 aromatic rings. The normalized spacial score (nSPS) is 23.9. The number of aromatic nitrogens is 2. The second-order valence-corrected chi connectivity index (χ2v) is 6.12. The van der Waals surface area contributed by atoms with E-state index >= 15 is 0 Å². The Morgan fingerprint density at radius 1 is 1.50 bits per heavy atom. The lowest BCUT2D eigenvalue weighted by Crippen LogP contribution is -2.35. The smallest absolute Gasteiger partial charge is 0.252 e. The summed E-state index contributed by atoms with van der Waals surface area (Å²) < 4.78 is 22.8. The highest BCUT2D eigenvalue weighted by Gasteiger charge is 2.24. The van der Waals surface area contributed by atoms with Crippen molar-refractivity contribution in [2.45, 2.75) is 18.9 Å². The van der Waals surface area contributed by atoms with Crippen LogP contribution in [0.2, 0.25) is 0 Å². The lowest BCUT2D eigenvalue weighted by atomic mass is 10.2. The van der Waals surface area contributed by atoms with E-state index in [4.69, 9.17) is 0 Å². The Kier molecular flexibility index (Phi) is 2.95. The standard InChI is InChI=1S/C9H13N3O3S/c13-9-4-8(10-6-11-9)12-7-2-1-3-16(14,15)5-7/h4,6-7H,1-3,5H2,(H2,10,11,12,13). The predicted molar refractivity (Wildman–Crippen MR) is 60.2 cm³/mol. The summed E-state index contributed by atoms with van der Waals surface area (Å²) in [6, 6.07) is 1.18. The van der Waals surface area contributed by atoms with E-state index in [1.165, 1.54) is 12.4 Å². The van der Waals surface area contributed by atoms with Crippen molar-refractivity contribution in [3.8, 4) is 0 Å². The zero-order valence-corrected chi connectivity index (χ0v) is 9.46. The minimum Gasteiger partial charge on any atom is -0.366 e. The topological polar surface area (TPSA) is 91.9 Å². The average Bonchev–Trinajstić information content (AvgIpc) is 2.15. The second-order valence-electron chi connectivity index (χ2n) is 3.89. The van der Waals surface area contributed by atoms with Gasteiger partial charge in [-0.15, -0.1) is 0 Å². The Labute approximate surface area is 93.0 Å². The van der Waals surface area contributed by atoms with E-state index in [0.29, 0.717) is 12.2 Å². The number of sulfone groups is 1. The number of nitrogens with one attached hydrogen (secondary N) is 2. The van der Waals surface area contributed by atoms with Crippen LogP contribution in [0.15, 0.2) is 17.2 Å². The summed E-state index contributed by atoms with van der Waals surface area (Å²) in [4.78, 5) is 17.3.